The second-order valence-corrected chi connectivity index (χ2v) is 8.36. The van der Waals surface area contributed by atoms with Gasteiger partial charge in [-0.2, -0.15) is 0 Å². The Morgan fingerprint density at radius 2 is 1.92 bits per heavy atom. The number of ether oxygens (including phenoxy) is 4. The summed E-state index contributed by atoms with van der Waals surface area (Å²) in [7, 11) is 0. The summed E-state index contributed by atoms with van der Waals surface area (Å²) in [5, 5.41) is 10.7. The maximum Gasteiger partial charge on any atom is 0.331 e. The van der Waals surface area contributed by atoms with E-state index in [1.54, 1.807) is 13.0 Å². The lowest BCUT2D eigenvalue weighted by Gasteiger charge is -2.53. The second-order valence-electron chi connectivity index (χ2n) is 8.36. The molecule has 10 atom stereocenters. The summed E-state index contributed by atoms with van der Waals surface area (Å²) in [6.45, 7) is 7.51. The van der Waals surface area contributed by atoms with Crippen molar-refractivity contribution in [1.29, 1.82) is 0 Å². The Morgan fingerprint density at radius 3 is 2.64 bits per heavy atom. The van der Waals surface area contributed by atoms with Crippen molar-refractivity contribution >= 4 is 11.9 Å². The Kier molecular flexibility index (Phi) is 2.14. The summed E-state index contributed by atoms with van der Waals surface area (Å²) in [5.41, 5.74) is -1.78. The first-order valence-corrected chi connectivity index (χ1v) is 8.59. The van der Waals surface area contributed by atoms with Crippen molar-refractivity contribution in [2.45, 2.75) is 56.1 Å². The molecule has 6 rings (SSSR count). The number of carbonyl (C=O) groups is 2. The van der Waals surface area contributed by atoms with Crippen LogP contribution < -0.4 is 0 Å². The zero-order valence-electron chi connectivity index (χ0n) is 13.8. The number of aliphatic hydroxyl groups is 1. The molecule has 7 heteroatoms. The molecule has 7 nitrogen and oxygen atoms in total. The largest absolute Gasteiger partial charge is 0.459 e. The van der Waals surface area contributed by atoms with Gasteiger partial charge in [0.15, 0.2) is 11.7 Å². The van der Waals surface area contributed by atoms with Crippen LogP contribution in [-0.4, -0.2) is 59.3 Å². The lowest BCUT2D eigenvalue weighted by molar-refractivity contribution is -0.155. The van der Waals surface area contributed by atoms with Crippen molar-refractivity contribution in [1.82, 2.24) is 0 Å². The molecule has 1 N–H and O–H groups in total. The van der Waals surface area contributed by atoms with Gasteiger partial charge in [-0.15, -0.1) is 0 Å². The molecule has 6 unspecified atom stereocenters. The van der Waals surface area contributed by atoms with E-state index in [-0.39, 0.29) is 12.0 Å². The standard InChI is InChI=1S/C18H18O7/c1-4-7-18-6(5-8(19)22-7)16(2)11-9(14(18)25-18)24-15(21)17(11,3)12(20)10-13(16)23-10/h4-5,7,9-14,20H,1H2,2-3H3/t7?,9-,10?,11?,12-,13?,14?,16+,17+,18?/m0/s1. The zero-order valence-corrected chi connectivity index (χ0v) is 13.8. The molecule has 132 valence electrons. The third kappa shape index (κ3) is 1.21. The number of epoxide rings is 2. The van der Waals surface area contributed by atoms with Gasteiger partial charge in [-0.1, -0.05) is 13.5 Å². The number of carbonyl (C=O) groups excluding carboxylic acids is 2. The van der Waals surface area contributed by atoms with Gasteiger partial charge in [0, 0.05) is 17.4 Å². The van der Waals surface area contributed by atoms with Crippen LogP contribution in [0.2, 0.25) is 0 Å². The van der Waals surface area contributed by atoms with E-state index >= 15 is 0 Å². The van der Waals surface area contributed by atoms with Crippen LogP contribution in [0.1, 0.15) is 13.8 Å². The normalized spacial score (nSPS) is 62.4. The van der Waals surface area contributed by atoms with Gasteiger partial charge in [0.2, 0.25) is 0 Å². The predicted molar refractivity (Wildman–Crippen MR) is 80.0 cm³/mol. The number of fused-ring (bicyclic) bond motifs is 4. The molecule has 4 heterocycles. The van der Waals surface area contributed by atoms with Crippen LogP contribution in [-0.2, 0) is 28.5 Å². The molecular formula is C18H18O7. The number of cyclic esters (lactones) is 1. The minimum atomic E-state index is -1.08. The minimum Gasteiger partial charge on any atom is -0.459 e. The number of esters is 2. The number of rotatable bonds is 1. The molecule has 2 saturated carbocycles. The van der Waals surface area contributed by atoms with Gasteiger partial charge in [0.1, 0.15) is 23.7 Å². The molecule has 0 bridgehead atoms. The maximum absolute atomic E-state index is 12.7. The molecular weight excluding hydrogens is 328 g/mol. The molecule has 0 aromatic heterocycles. The van der Waals surface area contributed by atoms with E-state index in [0.29, 0.717) is 0 Å². The molecule has 1 spiro atoms. The Balaban J connectivity index is 1.62. The maximum atomic E-state index is 12.7. The summed E-state index contributed by atoms with van der Waals surface area (Å²) in [4.78, 5) is 24.9. The fourth-order valence-electron chi connectivity index (χ4n) is 6.34. The summed E-state index contributed by atoms with van der Waals surface area (Å²) in [5.74, 6) is -1.20. The predicted octanol–water partition coefficient (Wildman–Crippen LogP) is -0.129. The van der Waals surface area contributed by atoms with Crippen LogP contribution in [0, 0.1) is 16.7 Å². The van der Waals surface area contributed by atoms with Crippen molar-refractivity contribution < 1.29 is 33.6 Å². The Morgan fingerprint density at radius 1 is 1.16 bits per heavy atom. The van der Waals surface area contributed by atoms with E-state index in [2.05, 4.69) is 6.58 Å². The highest BCUT2D eigenvalue weighted by atomic mass is 16.7. The fraction of sp³-hybridized carbons (Fsp3) is 0.667. The molecule has 6 aliphatic rings. The van der Waals surface area contributed by atoms with Crippen LogP contribution in [0.5, 0.6) is 0 Å². The van der Waals surface area contributed by atoms with Gasteiger partial charge in [-0.25, -0.2) is 4.79 Å². The van der Waals surface area contributed by atoms with Crippen molar-refractivity contribution in [3.05, 3.63) is 24.3 Å². The van der Waals surface area contributed by atoms with Crippen LogP contribution in [0.3, 0.4) is 0 Å². The van der Waals surface area contributed by atoms with Crippen LogP contribution in [0.25, 0.3) is 0 Å². The number of hydrogen-bond donors (Lipinski definition) is 1. The van der Waals surface area contributed by atoms with E-state index in [9.17, 15) is 14.7 Å². The fourth-order valence-corrected chi connectivity index (χ4v) is 6.34. The second kappa shape index (κ2) is 3.70. The smallest absolute Gasteiger partial charge is 0.331 e. The number of aliphatic hydroxyl groups excluding tert-OH is 1. The SMILES string of the molecule is C=CC1OC(=O)C=C2C13OC3[C@H]1OC(=O)[C@]3(C)C1[C@]2(C)C1OC1[C@@H]3O. The Bertz CT molecular complexity index is 803. The minimum absolute atomic E-state index is 0.276. The van der Waals surface area contributed by atoms with Crippen LogP contribution in [0.4, 0.5) is 0 Å². The van der Waals surface area contributed by atoms with Gasteiger partial charge in [0.05, 0.1) is 12.2 Å². The first-order valence-electron chi connectivity index (χ1n) is 8.59. The molecule has 0 aromatic carbocycles. The Hall–Kier alpha value is -1.70. The monoisotopic (exact) mass is 346 g/mol. The Labute approximate surface area is 143 Å². The van der Waals surface area contributed by atoms with Crippen molar-refractivity contribution in [2.75, 3.05) is 0 Å². The molecule has 4 aliphatic heterocycles. The van der Waals surface area contributed by atoms with Gasteiger partial charge in [-0.05, 0) is 18.6 Å². The molecule has 25 heavy (non-hydrogen) atoms. The highest BCUT2D eigenvalue weighted by Crippen LogP contribution is 2.75. The van der Waals surface area contributed by atoms with Crippen molar-refractivity contribution in [2.24, 2.45) is 16.7 Å². The van der Waals surface area contributed by atoms with E-state index in [0.717, 1.165) is 5.57 Å². The zero-order chi connectivity index (χ0) is 17.5. The molecule has 0 radical (unpaired) electrons. The van der Waals surface area contributed by atoms with Crippen molar-refractivity contribution in [3.63, 3.8) is 0 Å². The third-order valence-electron chi connectivity index (χ3n) is 7.47. The van der Waals surface area contributed by atoms with Gasteiger partial charge >= 0.3 is 11.9 Å². The average molecular weight is 346 g/mol. The van der Waals surface area contributed by atoms with Crippen LogP contribution in [0.15, 0.2) is 24.3 Å². The highest BCUT2D eigenvalue weighted by Gasteiger charge is 2.88. The average Bonchev–Trinajstić information content (AvgIpc) is 3.46. The first-order chi connectivity index (χ1) is 11.8. The molecule has 3 saturated heterocycles. The first kappa shape index (κ1) is 14.5. The lowest BCUT2D eigenvalue weighted by Crippen LogP contribution is -2.65. The summed E-state index contributed by atoms with van der Waals surface area (Å²) in [6, 6.07) is 0. The summed E-state index contributed by atoms with van der Waals surface area (Å²) < 4.78 is 23.0. The molecule has 5 fully saturated rings. The van der Waals surface area contributed by atoms with Crippen LogP contribution >= 0.6 is 0 Å². The van der Waals surface area contributed by atoms with Gasteiger partial charge in [0.25, 0.3) is 0 Å². The topological polar surface area (TPSA) is 97.9 Å². The molecule has 0 aromatic rings. The highest BCUT2D eigenvalue weighted by molar-refractivity contribution is 5.88. The van der Waals surface area contributed by atoms with E-state index in [4.69, 9.17) is 18.9 Å². The van der Waals surface area contributed by atoms with Crippen molar-refractivity contribution in [3.8, 4) is 0 Å². The van der Waals surface area contributed by atoms with E-state index in [1.165, 1.54) is 6.08 Å². The van der Waals surface area contributed by atoms with Gasteiger partial charge in [-0.3, -0.25) is 4.79 Å². The molecule has 2 aliphatic carbocycles. The summed E-state index contributed by atoms with van der Waals surface area (Å²) >= 11 is 0. The van der Waals surface area contributed by atoms with E-state index in [1.807, 2.05) is 6.92 Å². The van der Waals surface area contributed by atoms with Gasteiger partial charge < -0.3 is 24.1 Å². The van der Waals surface area contributed by atoms with E-state index < -0.39 is 58.9 Å². The third-order valence-corrected chi connectivity index (χ3v) is 7.47. The molecule has 0 amide bonds. The number of hydrogen-bond acceptors (Lipinski definition) is 7. The lowest BCUT2D eigenvalue weighted by atomic mass is 9.46. The quantitative estimate of drug-likeness (QED) is 0.401. The summed E-state index contributed by atoms with van der Waals surface area (Å²) in [6.07, 6.45) is -0.125.